The van der Waals surface area contributed by atoms with Gasteiger partial charge in [0, 0.05) is 0 Å². The van der Waals surface area contributed by atoms with Crippen molar-refractivity contribution >= 4 is 5.97 Å². The summed E-state index contributed by atoms with van der Waals surface area (Å²) in [6.07, 6.45) is 5.79. The number of carbonyl (C=O) groups is 1. The van der Waals surface area contributed by atoms with Crippen molar-refractivity contribution in [3.63, 3.8) is 0 Å². The van der Waals surface area contributed by atoms with Crippen LogP contribution in [0.15, 0.2) is 0 Å². The van der Waals surface area contributed by atoms with Gasteiger partial charge in [-0.05, 0) is 57.0 Å². The van der Waals surface area contributed by atoms with Crippen molar-refractivity contribution in [3.05, 3.63) is 0 Å². The minimum atomic E-state index is 0.0918. The van der Waals surface area contributed by atoms with Gasteiger partial charge in [-0.3, -0.25) is 4.79 Å². The van der Waals surface area contributed by atoms with Gasteiger partial charge in [-0.2, -0.15) is 0 Å². The van der Waals surface area contributed by atoms with Crippen LogP contribution in [0.4, 0.5) is 0 Å². The molecular formula is C12H19NO2. The Labute approximate surface area is 90.6 Å². The summed E-state index contributed by atoms with van der Waals surface area (Å²) in [4.78, 5) is 11.8. The molecule has 1 unspecified atom stereocenters. The first-order valence-corrected chi connectivity index (χ1v) is 6.24. The molecule has 0 radical (unpaired) electrons. The maximum absolute atomic E-state index is 11.8. The van der Waals surface area contributed by atoms with E-state index in [0.29, 0.717) is 0 Å². The van der Waals surface area contributed by atoms with Crippen LogP contribution in [-0.4, -0.2) is 25.2 Å². The summed E-state index contributed by atoms with van der Waals surface area (Å²) in [6.45, 7) is 2.22. The van der Waals surface area contributed by atoms with Gasteiger partial charge in [-0.25, -0.2) is 0 Å². The molecule has 1 N–H and O–H groups in total. The predicted octanol–water partition coefficient (Wildman–Crippen LogP) is 1.33. The second-order valence-corrected chi connectivity index (χ2v) is 5.34. The third kappa shape index (κ3) is 1.78. The Morgan fingerprint density at radius 2 is 1.80 bits per heavy atom. The van der Waals surface area contributed by atoms with E-state index >= 15 is 0 Å². The number of nitrogens with one attached hydrogen (secondary N) is 1. The fourth-order valence-electron chi connectivity index (χ4n) is 3.11. The highest BCUT2D eigenvalue weighted by Crippen LogP contribution is 2.39. The summed E-state index contributed by atoms with van der Waals surface area (Å²) in [6, 6.07) is 0. The summed E-state index contributed by atoms with van der Waals surface area (Å²) in [7, 11) is 0. The summed E-state index contributed by atoms with van der Waals surface area (Å²) in [5.41, 5.74) is 0. The van der Waals surface area contributed by atoms with Crippen LogP contribution in [0, 0.1) is 17.8 Å². The second kappa shape index (κ2) is 3.78. The zero-order chi connectivity index (χ0) is 10.3. The molecule has 84 valence electrons. The molecule has 0 aromatic carbocycles. The number of hydrogen-bond donors (Lipinski definition) is 1. The van der Waals surface area contributed by atoms with Crippen LogP contribution < -0.4 is 5.32 Å². The number of fused-ring (bicyclic) bond motifs is 1. The maximum atomic E-state index is 11.8. The van der Waals surface area contributed by atoms with Gasteiger partial charge >= 0.3 is 5.97 Å². The first kappa shape index (κ1) is 9.64. The van der Waals surface area contributed by atoms with Gasteiger partial charge < -0.3 is 10.1 Å². The van der Waals surface area contributed by atoms with Crippen LogP contribution in [0.1, 0.15) is 32.1 Å². The fraction of sp³-hybridized carbons (Fsp3) is 0.917. The molecule has 2 aliphatic carbocycles. The molecular weight excluding hydrogens is 190 g/mol. The van der Waals surface area contributed by atoms with E-state index in [1.165, 1.54) is 6.42 Å². The third-order valence-corrected chi connectivity index (χ3v) is 4.32. The molecule has 0 aromatic rings. The molecule has 1 heterocycles. The van der Waals surface area contributed by atoms with Crippen molar-refractivity contribution in [2.75, 3.05) is 13.1 Å². The van der Waals surface area contributed by atoms with E-state index in [0.717, 1.165) is 50.6 Å². The van der Waals surface area contributed by atoms with Crippen LogP contribution in [0.5, 0.6) is 0 Å². The molecule has 15 heavy (non-hydrogen) atoms. The maximum Gasteiger partial charge on any atom is 0.309 e. The number of hydrogen-bond acceptors (Lipinski definition) is 3. The molecule has 0 aromatic heterocycles. The standard InChI is InChI=1S/C12H19NO2/c14-12(15-11-2-1-3-11)8-4-9-6-13-7-10(9)5-8/h8-11,13H,1-7H2/t8?,9-,10+. The van der Waals surface area contributed by atoms with E-state index in [4.69, 9.17) is 4.74 Å². The van der Waals surface area contributed by atoms with E-state index in [2.05, 4.69) is 5.32 Å². The number of esters is 1. The minimum Gasteiger partial charge on any atom is -0.462 e. The van der Waals surface area contributed by atoms with Crippen LogP contribution >= 0.6 is 0 Å². The topological polar surface area (TPSA) is 38.3 Å². The monoisotopic (exact) mass is 209 g/mol. The van der Waals surface area contributed by atoms with Gasteiger partial charge in [0.25, 0.3) is 0 Å². The number of ether oxygens (including phenoxy) is 1. The highest BCUT2D eigenvalue weighted by molar-refractivity contribution is 5.73. The highest BCUT2D eigenvalue weighted by atomic mass is 16.5. The Morgan fingerprint density at radius 3 is 2.33 bits per heavy atom. The van der Waals surface area contributed by atoms with Crippen molar-refractivity contribution in [1.82, 2.24) is 5.32 Å². The van der Waals surface area contributed by atoms with Gasteiger partial charge in [-0.1, -0.05) is 0 Å². The number of carbonyl (C=O) groups excluding carboxylic acids is 1. The second-order valence-electron chi connectivity index (χ2n) is 5.34. The lowest BCUT2D eigenvalue weighted by Crippen LogP contribution is -2.28. The molecule has 3 aliphatic rings. The minimum absolute atomic E-state index is 0.0918. The molecule has 1 saturated heterocycles. The van der Waals surface area contributed by atoms with Gasteiger partial charge in [0.1, 0.15) is 6.10 Å². The summed E-state index contributed by atoms with van der Waals surface area (Å²) in [5, 5.41) is 3.39. The predicted molar refractivity (Wildman–Crippen MR) is 56.3 cm³/mol. The number of rotatable bonds is 2. The summed E-state index contributed by atoms with van der Waals surface area (Å²) < 4.78 is 5.48. The van der Waals surface area contributed by atoms with E-state index in [9.17, 15) is 4.79 Å². The lowest BCUT2D eigenvalue weighted by Gasteiger charge is -2.26. The fourth-order valence-corrected chi connectivity index (χ4v) is 3.11. The first-order valence-electron chi connectivity index (χ1n) is 6.24. The molecule has 2 saturated carbocycles. The molecule has 3 nitrogen and oxygen atoms in total. The highest BCUT2D eigenvalue weighted by Gasteiger charge is 2.41. The van der Waals surface area contributed by atoms with Crippen LogP contribution in [0.3, 0.4) is 0 Å². The summed E-state index contributed by atoms with van der Waals surface area (Å²) in [5.74, 6) is 1.78. The Balaban J connectivity index is 1.52. The third-order valence-electron chi connectivity index (χ3n) is 4.32. The molecule has 0 spiro atoms. The van der Waals surface area contributed by atoms with E-state index in [1.54, 1.807) is 0 Å². The Morgan fingerprint density at radius 1 is 1.13 bits per heavy atom. The van der Waals surface area contributed by atoms with Gasteiger partial charge in [0.05, 0.1) is 5.92 Å². The average Bonchev–Trinajstić information content (AvgIpc) is 2.69. The van der Waals surface area contributed by atoms with E-state index < -0.39 is 0 Å². The molecule has 3 atom stereocenters. The lowest BCUT2D eigenvalue weighted by atomic mass is 9.96. The quantitative estimate of drug-likeness (QED) is 0.697. The van der Waals surface area contributed by atoms with E-state index in [1.807, 2.05) is 0 Å². The van der Waals surface area contributed by atoms with Crippen molar-refractivity contribution in [3.8, 4) is 0 Å². The largest absolute Gasteiger partial charge is 0.462 e. The van der Waals surface area contributed by atoms with Crippen LogP contribution in [-0.2, 0) is 9.53 Å². The normalized spacial score (nSPS) is 39.9. The van der Waals surface area contributed by atoms with Crippen molar-refractivity contribution in [2.45, 2.75) is 38.2 Å². The zero-order valence-corrected chi connectivity index (χ0v) is 9.08. The zero-order valence-electron chi connectivity index (χ0n) is 9.08. The van der Waals surface area contributed by atoms with Gasteiger partial charge in [0.15, 0.2) is 0 Å². The molecule has 3 heteroatoms. The molecule has 1 aliphatic heterocycles. The van der Waals surface area contributed by atoms with Gasteiger partial charge in [-0.15, -0.1) is 0 Å². The average molecular weight is 209 g/mol. The Bertz CT molecular complexity index is 250. The van der Waals surface area contributed by atoms with E-state index in [-0.39, 0.29) is 18.0 Å². The van der Waals surface area contributed by atoms with Crippen LogP contribution in [0.2, 0.25) is 0 Å². The molecule has 0 amide bonds. The summed E-state index contributed by atoms with van der Waals surface area (Å²) >= 11 is 0. The van der Waals surface area contributed by atoms with Crippen LogP contribution in [0.25, 0.3) is 0 Å². The Kier molecular flexibility index (Phi) is 2.43. The van der Waals surface area contributed by atoms with Crippen molar-refractivity contribution in [1.29, 1.82) is 0 Å². The lowest BCUT2D eigenvalue weighted by molar-refractivity contribution is -0.158. The molecule has 3 fully saturated rings. The van der Waals surface area contributed by atoms with Crippen molar-refractivity contribution in [2.24, 2.45) is 17.8 Å². The first-order chi connectivity index (χ1) is 7.33. The Hall–Kier alpha value is -0.570. The molecule has 3 rings (SSSR count). The van der Waals surface area contributed by atoms with Crippen molar-refractivity contribution < 1.29 is 9.53 Å². The SMILES string of the molecule is O=C(OC1CCC1)C1C[C@H]2CNC[C@H]2C1. The molecule has 0 bridgehead atoms. The van der Waals surface area contributed by atoms with Gasteiger partial charge in [0.2, 0.25) is 0 Å². The smallest absolute Gasteiger partial charge is 0.309 e.